The number of halogens is 1. The number of nitrogen functional groups attached to an aromatic ring is 1. The summed E-state index contributed by atoms with van der Waals surface area (Å²) in [5.41, 5.74) is 8.02. The zero-order valence-electron chi connectivity index (χ0n) is 9.79. The first-order valence-electron chi connectivity index (χ1n) is 5.39. The molecular formula is C12H16BrN3. The predicted octanol–water partition coefficient (Wildman–Crippen LogP) is 3.53. The number of hydrogen-bond acceptors (Lipinski definition) is 2. The Balaban J connectivity index is 2.74. The maximum atomic E-state index is 6.00. The van der Waals surface area contributed by atoms with E-state index in [1.807, 2.05) is 12.1 Å². The summed E-state index contributed by atoms with van der Waals surface area (Å²) in [6.45, 7) is 6.50. The lowest BCUT2D eigenvalue weighted by atomic mass is 10.0. The molecule has 0 aliphatic heterocycles. The summed E-state index contributed by atoms with van der Waals surface area (Å²) in [6.07, 6.45) is 1.01. The van der Waals surface area contributed by atoms with E-state index in [1.54, 1.807) is 0 Å². The first kappa shape index (κ1) is 11.5. The van der Waals surface area contributed by atoms with Crippen LogP contribution in [0.5, 0.6) is 0 Å². The molecule has 0 unspecified atom stereocenters. The average Bonchev–Trinajstić information content (AvgIpc) is 2.53. The minimum absolute atomic E-state index is 0.00728. The van der Waals surface area contributed by atoms with Crippen molar-refractivity contribution in [1.29, 1.82) is 0 Å². The van der Waals surface area contributed by atoms with Crippen molar-refractivity contribution in [3.8, 4) is 0 Å². The fourth-order valence-corrected chi connectivity index (χ4v) is 2.22. The van der Waals surface area contributed by atoms with Gasteiger partial charge in [-0.15, -0.1) is 0 Å². The van der Waals surface area contributed by atoms with Crippen LogP contribution in [0.4, 0.5) is 5.95 Å². The van der Waals surface area contributed by atoms with Crippen LogP contribution in [0, 0.1) is 0 Å². The smallest absolute Gasteiger partial charge is 0.201 e. The van der Waals surface area contributed by atoms with E-state index in [1.165, 1.54) is 0 Å². The van der Waals surface area contributed by atoms with Crippen LogP contribution in [0.15, 0.2) is 22.7 Å². The molecule has 2 aromatic rings. The van der Waals surface area contributed by atoms with Gasteiger partial charge in [-0.3, -0.25) is 0 Å². The van der Waals surface area contributed by atoms with Crippen molar-refractivity contribution >= 4 is 32.9 Å². The third-order valence-corrected chi connectivity index (χ3v) is 3.61. The van der Waals surface area contributed by atoms with Crippen molar-refractivity contribution in [2.45, 2.75) is 32.7 Å². The van der Waals surface area contributed by atoms with E-state index in [-0.39, 0.29) is 5.54 Å². The molecule has 1 heterocycles. The van der Waals surface area contributed by atoms with Gasteiger partial charge in [-0.25, -0.2) is 4.98 Å². The zero-order chi connectivity index (χ0) is 11.9. The standard InChI is InChI=1S/C12H16BrN3/c1-4-12(2,3)16-10-6-5-8(13)7-9(10)15-11(16)14/h5-7H,4H2,1-3H3,(H2,14,15). The molecule has 0 aliphatic carbocycles. The highest BCUT2D eigenvalue weighted by Crippen LogP contribution is 2.30. The molecule has 0 fully saturated rings. The van der Waals surface area contributed by atoms with Gasteiger partial charge in [0.15, 0.2) is 0 Å². The number of fused-ring (bicyclic) bond motifs is 1. The SMILES string of the molecule is CCC(C)(C)n1c(N)nc2cc(Br)ccc21. The molecule has 1 aromatic heterocycles. The molecule has 0 radical (unpaired) electrons. The maximum Gasteiger partial charge on any atom is 0.201 e. The molecule has 0 bridgehead atoms. The first-order valence-corrected chi connectivity index (χ1v) is 6.19. The van der Waals surface area contributed by atoms with Crippen LogP contribution in [0.3, 0.4) is 0 Å². The molecule has 3 nitrogen and oxygen atoms in total. The van der Waals surface area contributed by atoms with E-state index in [0.29, 0.717) is 5.95 Å². The topological polar surface area (TPSA) is 43.8 Å². The lowest BCUT2D eigenvalue weighted by Crippen LogP contribution is -2.26. The van der Waals surface area contributed by atoms with Crippen molar-refractivity contribution in [3.63, 3.8) is 0 Å². The lowest BCUT2D eigenvalue weighted by molar-refractivity contribution is 0.357. The van der Waals surface area contributed by atoms with Crippen LogP contribution >= 0.6 is 15.9 Å². The molecular weight excluding hydrogens is 266 g/mol. The van der Waals surface area contributed by atoms with Gasteiger partial charge in [-0.2, -0.15) is 0 Å². The summed E-state index contributed by atoms with van der Waals surface area (Å²) in [7, 11) is 0. The highest BCUT2D eigenvalue weighted by atomic mass is 79.9. The Labute approximate surface area is 104 Å². The zero-order valence-corrected chi connectivity index (χ0v) is 11.4. The highest BCUT2D eigenvalue weighted by molar-refractivity contribution is 9.10. The van der Waals surface area contributed by atoms with Gasteiger partial charge < -0.3 is 10.3 Å². The van der Waals surface area contributed by atoms with Crippen molar-refractivity contribution in [2.75, 3.05) is 5.73 Å². The van der Waals surface area contributed by atoms with Crippen LogP contribution in [0.2, 0.25) is 0 Å². The van der Waals surface area contributed by atoms with Gasteiger partial charge in [0.1, 0.15) is 0 Å². The largest absolute Gasteiger partial charge is 0.369 e. The van der Waals surface area contributed by atoms with E-state index in [0.717, 1.165) is 21.9 Å². The van der Waals surface area contributed by atoms with Crippen LogP contribution in [-0.2, 0) is 5.54 Å². The lowest BCUT2D eigenvalue weighted by Gasteiger charge is -2.26. The van der Waals surface area contributed by atoms with E-state index in [9.17, 15) is 0 Å². The van der Waals surface area contributed by atoms with Crippen LogP contribution in [0.25, 0.3) is 11.0 Å². The Morgan fingerprint density at radius 2 is 2.12 bits per heavy atom. The third kappa shape index (κ3) is 1.71. The molecule has 0 saturated carbocycles. The van der Waals surface area contributed by atoms with E-state index in [4.69, 9.17) is 5.73 Å². The minimum atomic E-state index is -0.00728. The Morgan fingerprint density at radius 1 is 1.44 bits per heavy atom. The summed E-state index contributed by atoms with van der Waals surface area (Å²) < 4.78 is 3.13. The molecule has 2 N–H and O–H groups in total. The summed E-state index contributed by atoms with van der Waals surface area (Å²) in [5.74, 6) is 0.583. The second-order valence-corrected chi connectivity index (χ2v) is 5.52. The molecule has 1 aromatic carbocycles. The number of aromatic nitrogens is 2. The number of nitrogens with two attached hydrogens (primary N) is 1. The first-order chi connectivity index (χ1) is 7.45. The predicted molar refractivity (Wildman–Crippen MR) is 71.5 cm³/mol. The fraction of sp³-hybridized carbons (Fsp3) is 0.417. The highest BCUT2D eigenvalue weighted by Gasteiger charge is 2.23. The van der Waals surface area contributed by atoms with Gasteiger partial charge in [0.05, 0.1) is 11.0 Å². The van der Waals surface area contributed by atoms with Gasteiger partial charge in [-0.1, -0.05) is 22.9 Å². The quantitative estimate of drug-likeness (QED) is 0.915. The number of rotatable bonds is 2. The number of anilines is 1. The number of nitrogens with zero attached hydrogens (tertiary/aromatic N) is 2. The minimum Gasteiger partial charge on any atom is -0.369 e. The van der Waals surface area contributed by atoms with Crippen molar-refractivity contribution < 1.29 is 0 Å². The molecule has 0 spiro atoms. The normalized spacial score (nSPS) is 12.2. The number of imidazole rings is 1. The molecule has 86 valence electrons. The second kappa shape index (κ2) is 3.77. The maximum absolute atomic E-state index is 6.00. The van der Waals surface area contributed by atoms with E-state index >= 15 is 0 Å². The summed E-state index contributed by atoms with van der Waals surface area (Å²) in [4.78, 5) is 4.40. The average molecular weight is 282 g/mol. The van der Waals surface area contributed by atoms with Crippen molar-refractivity contribution in [2.24, 2.45) is 0 Å². The van der Waals surface area contributed by atoms with Gasteiger partial charge in [-0.05, 0) is 38.5 Å². The Morgan fingerprint density at radius 3 is 2.75 bits per heavy atom. The molecule has 16 heavy (non-hydrogen) atoms. The Bertz CT molecular complexity index is 528. The van der Waals surface area contributed by atoms with Crippen LogP contribution < -0.4 is 5.73 Å². The summed E-state index contributed by atoms with van der Waals surface area (Å²) >= 11 is 3.44. The molecule has 0 atom stereocenters. The second-order valence-electron chi connectivity index (χ2n) is 4.60. The van der Waals surface area contributed by atoms with E-state index < -0.39 is 0 Å². The summed E-state index contributed by atoms with van der Waals surface area (Å²) in [5, 5.41) is 0. The van der Waals surface area contributed by atoms with Gasteiger partial charge >= 0.3 is 0 Å². The molecule has 0 aliphatic rings. The molecule has 2 rings (SSSR count). The molecule has 0 amide bonds. The van der Waals surface area contributed by atoms with Gasteiger partial charge in [0.2, 0.25) is 5.95 Å². The monoisotopic (exact) mass is 281 g/mol. The number of benzene rings is 1. The summed E-state index contributed by atoms with van der Waals surface area (Å²) in [6, 6.07) is 6.07. The van der Waals surface area contributed by atoms with Crippen LogP contribution in [0.1, 0.15) is 27.2 Å². The van der Waals surface area contributed by atoms with E-state index in [2.05, 4.69) is 52.3 Å². The Kier molecular flexibility index (Phi) is 2.70. The molecule has 0 saturated heterocycles. The molecule has 4 heteroatoms. The number of hydrogen-bond donors (Lipinski definition) is 1. The van der Waals surface area contributed by atoms with Crippen molar-refractivity contribution in [3.05, 3.63) is 22.7 Å². The Hall–Kier alpha value is -1.03. The fourth-order valence-electron chi connectivity index (χ4n) is 1.87. The van der Waals surface area contributed by atoms with Gasteiger partial charge in [0, 0.05) is 10.0 Å². The van der Waals surface area contributed by atoms with Crippen molar-refractivity contribution in [1.82, 2.24) is 9.55 Å². The van der Waals surface area contributed by atoms with Gasteiger partial charge in [0.25, 0.3) is 0 Å². The third-order valence-electron chi connectivity index (χ3n) is 3.11. The van der Waals surface area contributed by atoms with Crippen LogP contribution in [-0.4, -0.2) is 9.55 Å².